The van der Waals surface area contributed by atoms with Crippen molar-refractivity contribution in [3.05, 3.63) is 83.5 Å². The molecule has 0 radical (unpaired) electrons. The van der Waals surface area contributed by atoms with E-state index in [1.165, 1.54) is 56.1 Å². The van der Waals surface area contributed by atoms with E-state index in [0.717, 1.165) is 38.5 Å². The van der Waals surface area contributed by atoms with Crippen LogP contribution in [-0.4, -0.2) is 79.5 Å². The number of fused-ring (bicyclic) bond motifs is 1. The third kappa shape index (κ3) is 28.0. The fourth-order valence-corrected chi connectivity index (χ4v) is 7.41. The Kier molecular flexibility index (Phi) is 36.0. The number of carboxylic acids is 1. The first kappa shape index (κ1) is 60.8. The molecule has 1 aliphatic heterocycles. The standard InChI is InChI=1S/C31H45N3O5.C11H14N2O3.C6H12.C3H8.C2H6/c1-4-6-8-13-23-14-9-10-17-29(37)32-20-30(38)34-28(31(39)33-19-25(36)21-35)16-11-15-24(12-7-5-2)27-18-26(27)22(23)3;1-12-7-9(14)13-10(11(15)16)8-5-3-2-4-6-8;1-2-4-6-5-3-1;1-3-2;1-2/h4,6-7,12-13,15,21-22,26-28H,5,8-11,14,16-20H2,1-3H3,(H,32,37)(H,33,39)(H,34,38);2-6,10,12H,7H2,1H3,(H,13,14)(H,15,16);1-6H2;3H2,1-2H3;1-2H3/b6-4-,12-7-,23-13-,24-15+;;;;. The number of aldehydes is 1. The van der Waals surface area contributed by atoms with Gasteiger partial charge in [0.2, 0.25) is 29.4 Å². The van der Waals surface area contributed by atoms with E-state index in [0.29, 0.717) is 42.6 Å². The van der Waals surface area contributed by atoms with Gasteiger partial charge in [-0.05, 0) is 94.2 Å². The molecule has 4 rings (SSSR count). The number of allylic oxidation sites excluding steroid dienone is 8. The minimum Gasteiger partial charge on any atom is -0.479 e. The van der Waals surface area contributed by atoms with Gasteiger partial charge < -0.3 is 31.7 Å². The summed E-state index contributed by atoms with van der Waals surface area (Å²) in [5.41, 5.74) is 3.26. The van der Waals surface area contributed by atoms with Gasteiger partial charge in [0, 0.05) is 6.42 Å². The highest BCUT2D eigenvalue weighted by atomic mass is 16.4. The summed E-state index contributed by atoms with van der Waals surface area (Å²) in [5.74, 6) is -1.95. The van der Waals surface area contributed by atoms with Gasteiger partial charge in [-0.3, -0.25) is 28.8 Å². The van der Waals surface area contributed by atoms with Crippen LogP contribution in [0.5, 0.6) is 0 Å². The van der Waals surface area contributed by atoms with Crippen molar-refractivity contribution in [2.75, 3.05) is 26.7 Å². The first-order valence-electron chi connectivity index (χ1n) is 24.6. The molecule has 1 aromatic carbocycles. The summed E-state index contributed by atoms with van der Waals surface area (Å²) in [6.07, 6.45) is 30.2. The minimum absolute atomic E-state index is 0.0939. The lowest BCUT2D eigenvalue weighted by Crippen LogP contribution is -2.50. The molecule has 0 spiro atoms. The van der Waals surface area contributed by atoms with E-state index in [2.05, 4.69) is 90.7 Å². The van der Waals surface area contributed by atoms with Crippen molar-refractivity contribution < 1.29 is 38.7 Å². The van der Waals surface area contributed by atoms with Crippen LogP contribution in [0.3, 0.4) is 0 Å². The molecular weight excluding hydrogens is 835 g/mol. The number of aliphatic carboxylic acids is 1. The van der Waals surface area contributed by atoms with Crippen LogP contribution in [0.4, 0.5) is 0 Å². The number of carbonyl (C=O) groups excluding carboxylic acids is 6. The average Bonchev–Trinajstić information content (AvgIpc) is 4.13. The highest BCUT2D eigenvalue weighted by molar-refractivity contribution is 6.26. The number of Topliss-reactive ketones (excluding diaryl/α,β-unsaturated/α-hetero) is 1. The Balaban J connectivity index is 0.00000127. The highest BCUT2D eigenvalue weighted by Gasteiger charge is 2.43. The molecule has 2 saturated carbocycles. The summed E-state index contributed by atoms with van der Waals surface area (Å²) in [6, 6.07) is 6.69. The third-order valence-electron chi connectivity index (χ3n) is 10.9. The molecule has 0 bridgehead atoms. The number of likely N-dealkylation sites (N-methyl/N-ethyl adjacent to an activating group) is 1. The molecule has 370 valence electrons. The lowest BCUT2D eigenvalue weighted by molar-refractivity contribution is -0.141. The van der Waals surface area contributed by atoms with E-state index in [1.807, 2.05) is 20.8 Å². The zero-order valence-electron chi connectivity index (χ0n) is 41.6. The Bertz CT molecular complexity index is 1670. The maximum absolute atomic E-state index is 12.7. The summed E-state index contributed by atoms with van der Waals surface area (Å²) < 4.78 is 0. The van der Waals surface area contributed by atoms with Crippen molar-refractivity contribution in [1.29, 1.82) is 0 Å². The molecule has 3 aliphatic rings. The fraction of sp³-hybridized carbons (Fsp3) is 0.604. The summed E-state index contributed by atoms with van der Waals surface area (Å²) in [4.78, 5) is 81.9. The number of rotatable bonds is 13. The van der Waals surface area contributed by atoms with Crippen LogP contribution in [0, 0.1) is 17.8 Å². The van der Waals surface area contributed by atoms with Crippen molar-refractivity contribution in [2.45, 2.75) is 163 Å². The summed E-state index contributed by atoms with van der Waals surface area (Å²) >= 11 is 0. The van der Waals surface area contributed by atoms with Gasteiger partial charge in [0.25, 0.3) is 0 Å². The third-order valence-corrected chi connectivity index (χ3v) is 10.9. The van der Waals surface area contributed by atoms with Crippen LogP contribution >= 0.6 is 0 Å². The van der Waals surface area contributed by atoms with Gasteiger partial charge in [0.05, 0.1) is 19.6 Å². The SMILES string of the molecule is C/C=C\C/C=C1/CCCCC(=O)NCC(=O)NC(C(=O)NCC(=O)C=O)CC/C=C(\C=C/CC)C2CC2C1C.C1CCCCC1.CC.CCC.CNCC(=O)NC(C(=O)O)c1ccccc1. The molecule has 13 nitrogen and oxygen atoms in total. The smallest absolute Gasteiger partial charge is 0.330 e. The molecule has 6 N–H and O–H groups in total. The Morgan fingerprint density at radius 3 is 2.06 bits per heavy atom. The first-order valence-corrected chi connectivity index (χ1v) is 24.6. The normalized spacial score (nSPS) is 21.9. The van der Waals surface area contributed by atoms with Crippen molar-refractivity contribution in [3.8, 4) is 0 Å². The monoisotopic (exact) mass is 920 g/mol. The van der Waals surface area contributed by atoms with E-state index >= 15 is 0 Å². The van der Waals surface area contributed by atoms with Crippen molar-refractivity contribution in [3.63, 3.8) is 0 Å². The maximum atomic E-state index is 12.7. The van der Waals surface area contributed by atoms with Gasteiger partial charge >= 0.3 is 5.97 Å². The Hall–Kier alpha value is -5.17. The number of ketones is 1. The number of hydrogen-bond donors (Lipinski definition) is 6. The molecular formula is C53H85N5O8. The molecule has 1 aromatic rings. The second-order valence-corrected chi connectivity index (χ2v) is 16.5. The average molecular weight is 920 g/mol. The zero-order valence-corrected chi connectivity index (χ0v) is 41.6. The molecule has 0 aromatic heterocycles. The van der Waals surface area contributed by atoms with Crippen LogP contribution in [0.25, 0.3) is 0 Å². The molecule has 2 fully saturated rings. The first-order chi connectivity index (χ1) is 31.9. The molecule has 0 saturated heterocycles. The van der Waals surface area contributed by atoms with Gasteiger partial charge in [-0.15, -0.1) is 0 Å². The second kappa shape index (κ2) is 39.0. The number of carbonyl (C=O) groups is 7. The van der Waals surface area contributed by atoms with Gasteiger partial charge in [-0.25, -0.2) is 4.79 Å². The molecule has 1 heterocycles. The van der Waals surface area contributed by atoms with Crippen LogP contribution in [0.1, 0.15) is 163 Å². The van der Waals surface area contributed by atoms with E-state index < -0.39 is 42.2 Å². The van der Waals surface area contributed by atoms with Gasteiger partial charge in [0.1, 0.15) is 6.04 Å². The topological polar surface area (TPSA) is 200 Å². The maximum Gasteiger partial charge on any atom is 0.330 e. The van der Waals surface area contributed by atoms with Crippen molar-refractivity contribution in [1.82, 2.24) is 26.6 Å². The summed E-state index contributed by atoms with van der Waals surface area (Å²) in [7, 11) is 1.62. The van der Waals surface area contributed by atoms with E-state index in [9.17, 15) is 33.6 Å². The van der Waals surface area contributed by atoms with Gasteiger partial charge in [0.15, 0.2) is 12.3 Å². The van der Waals surface area contributed by atoms with Crippen LogP contribution in [-0.2, 0) is 33.6 Å². The predicted molar refractivity (Wildman–Crippen MR) is 266 cm³/mol. The highest BCUT2D eigenvalue weighted by Crippen LogP contribution is 2.52. The van der Waals surface area contributed by atoms with Crippen molar-refractivity contribution >= 4 is 41.7 Å². The molecule has 2 aliphatic carbocycles. The number of amides is 4. The fourth-order valence-electron chi connectivity index (χ4n) is 7.41. The zero-order chi connectivity index (χ0) is 49.5. The Morgan fingerprint density at radius 1 is 0.879 bits per heavy atom. The Morgan fingerprint density at radius 2 is 1.50 bits per heavy atom. The van der Waals surface area contributed by atoms with E-state index in [4.69, 9.17) is 5.11 Å². The van der Waals surface area contributed by atoms with Crippen molar-refractivity contribution in [2.24, 2.45) is 17.8 Å². The molecule has 5 unspecified atom stereocenters. The molecule has 13 heteroatoms. The lowest BCUT2D eigenvalue weighted by atomic mass is 9.88. The van der Waals surface area contributed by atoms with E-state index in [-0.39, 0.29) is 31.2 Å². The predicted octanol–water partition coefficient (Wildman–Crippen LogP) is 8.81. The Labute approximate surface area is 397 Å². The number of nitrogens with one attached hydrogen (secondary N) is 5. The van der Waals surface area contributed by atoms with Gasteiger partial charge in [-0.1, -0.05) is 159 Å². The number of hydrogen-bond acceptors (Lipinski definition) is 8. The largest absolute Gasteiger partial charge is 0.479 e. The lowest BCUT2D eigenvalue weighted by Gasteiger charge is -2.19. The van der Waals surface area contributed by atoms with Gasteiger partial charge in [-0.2, -0.15) is 0 Å². The second-order valence-electron chi connectivity index (χ2n) is 16.5. The number of carboxylic acid groups (broad SMARTS) is 1. The van der Waals surface area contributed by atoms with Crippen LogP contribution < -0.4 is 26.6 Å². The van der Waals surface area contributed by atoms with Crippen LogP contribution in [0.2, 0.25) is 0 Å². The van der Waals surface area contributed by atoms with E-state index in [1.54, 1.807) is 37.4 Å². The molecule has 66 heavy (non-hydrogen) atoms. The minimum atomic E-state index is -1.07. The summed E-state index contributed by atoms with van der Waals surface area (Å²) in [5, 5.41) is 21.8. The molecule has 4 amide bonds. The summed E-state index contributed by atoms with van der Waals surface area (Å²) in [6.45, 7) is 14.1. The quantitative estimate of drug-likeness (QED) is 0.0636. The molecule has 5 atom stereocenters. The van der Waals surface area contributed by atoms with Crippen LogP contribution in [0.15, 0.2) is 77.9 Å². The number of benzene rings is 1.